The Morgan fingerprint density at radius 3 is 2.67 bits per heavy atom. The van der Waals surface area contributed by atoms with Crippen molar-refractivity contribution in [3.63, 3.8) is 0 Å². The van der Waals surface area contributed by atoms with Crippen LogP contribution in [0.3, 0.4) is 0 Å². The number of H-pyrrole nitrogens is 1. The third-order valence-corrected chi connectivity index (χ3v) is 4.22. The second-order valence-electron chi connectivity index (χ2n) is 6.12. The van der Waals surface area contributed by atoms with Crippen LogP contribution in [0.2, 0.25) is 0 Å². The van der Waals surface area contributed by atoms with E-state index in [0.717, 1.165) is 12.0 Å². The second-order valence-corrected chi connectivity index (χ2v) is 6.12. The van der Waals surface area contributed by atoms with Crippen molar-refractivity contribution in [2.45, 2.75) is 33.3 Å². The Morgan fingerprint density at radius 2 is 2.04 bits per heavy atom. The number of carbonyl (C=O) groups excluding carboxylic acids is 1. The molecule has 0 fully saturated rings. The summed E-state index contributed by atoms with van der Waals surface area (Å²) in [6.07, 6.45) is 1.46. The zero-order valence-electron chi connectivity index (χ0n) is 15.1. The molecule has 0 amide bonds. The monoisotopic (exact) mass is 368 g/mol. The Labute approximate surface area is 155 Å². The first-order valence-electron chi connectivity index (χ1n) is 8.55. The maximum absolute atomic E-state index is 11.6. The van der Waals surface area contributed by atoms with Crippen molar-refractivity contribution >= 4 is 5.78 Å². The van der Waals surface area contributed by atoms with Gasteiger partial charge in [0.05, 0.1) is 11.1 Å². The first kappa shape index (κ1) is 18.4. The first-order chi connectivity index (χ1) is 13.0. The average Bonchev–Trinajstić information content (AvgIpc) is 3.16. The molecule has 0 spiro atoms. The Bertz CT molecular complexity index is 955. The predicted molar refractivity (Wildman–Crippen MR) is 97.7 cm³/mol. The average molecular weight is 368 g/mol. The normalized spacial score (nSPS) is 10.7. The molecular weight excluding hydrogens is 348 g/mol. The number of nitrogens with one attached hydrogen (secondary N) is 1. The Balaban J connectivity index is 1.81. The van der Waals surface area contributed by atoms with Gasteiger partial charge in [0.2, 0.25) is 0 Å². The molecule has 0 unspecified atom stereocenters. The van der Waals surface area contributed by atoms with Gasteiger partial charge < -0.3 is 14.9 Å². The minimum atomic E-state index is -0.181. The van der Waals surface area contributed by atoms with E-state index < -0.39 is 0 Å². The van der Waals surface area contributed by atoms with Crippen molar-refractivity contribution in [2.75, 3.05) is 0 Å². The number of aromatic amines is 1. The number of phenols is 2. The number of carbonyl (C=O) groups is 1. The van der Waals surface area contributed by atoms with Gasteiger partial charge in [-0.15, -0.1) is 5.10 Å². The number of tetrazole rings is 1. The van der Waals surface area contributed by atoms with Gasteiger partial charge in [0.1, 0.15) is 23.9 Å². The second kappa shape index (κ2) is 7.86. The van der Waals surface area contributed by atoms with E-state index in [2.05, 4.69) is 20.6 Å². The highest BCUT2D eigenvalue weighted by Crippen LogP contribution is 2.32. The van der Waals surface area contributed by atoms with Crippen LogP contribution in [0.4, 0.5) is 0 Å². The predicted octanol–water partition coefficient (Wildman–Crippen LogP) is 3.01. The summed E-state index contributed by atoms with van der Waals surface area (Å²) in [6, 6.07) is 8.21. The van der Waals surface area contributed by atoms with E-state index in [1.54, 1.807) is 24.3 Å². The standard InChI is InChI=1S/C19H20N4O4/c1-3-4-15-12(5-7-14(11(2)24)18(15)26)10-27-13-6-8-16(17(25)9-13)19-20-22-23-21-19/h5-9,25-26H,3-4,10H2,1-2H3,(H,20,21,22,23). The molecule has 1 aromatic heterocycles. The SMILES string of the molecule is CCCc1c(COc2ccc(-c3nnn[nH]3)c(O)c2)ccc(C(C)=O)c1O. The molecule has 3 N–H and O–H groups in total. The van der Waals surface area contributed by atoms with Crippen LogP contribution < -0.4 is 4.74 Å². The number of rotatable bonds is 7. The van der Waals surface area contributed by atoms with Gasteiger partial charge >= 0.3 is 0 Å². The number of aromatic hydroxyl groups is 2. The maximum Gasteiger partial charge on any atom is 0.183 e. The van der Waals surface area contributed by atoms with Crippen LogP contribution in [-0.4, -0.2) is 36.6 Å². The van der Waals surface area contributed by atoms with Crippen LogP contribution in [0.15, 0.2) is 30.3 Å². The largest absolute Gasteiger partial charge is 0.507 e. The molecule has 0 aliphatic rings. The summed E-state index contributed by atoms with van der Waals surface area (Å²) in [5.41, 5.74) is 2.27. The van der Waals surface area contributed by atoms with Gasteiger partial charge in [-0.3, -0.25) is 4.79 Å². The molecule has 8 nitrogen and oxygen atoms in total. The molecule has 0 atom stereocenters. The number of aromatic nitrogens is 4. The van der Waals surface area contributed by atoms with E-state index in [9.17, 15) is 15.0 Å². The molecule has 0 radical (unpaired) electrons. The molecule has 27 heavy (non-hydrogen) atoms. The summed E-state index contributed by atoms with van der Waals surface area (Å²) >= 11 is 0. The summed E-state index contributed by atoms with van der Waals surface area (Å²) in [4.78, 5) is 11.6. The Hall–Kier alpha value is -3.42. The van der Waals surface area contributed by atoms with Gasteiger partial charge in [-0.25, -0.2) is 5.10 Å². The third-order valence-electron chi connectivity index (χ3n) is 4.22. The highest BCUT2D eigenvalue weighted by atomic mass is 16.5. The molecule has 2 aromatic carbocycles. The molecule has 0 aliphatic heterocycles. The number of hydrogen-bond acceptors (Lipinski definition) is 7. The number of ether oxygens (including phenoxy) is 1. The van der Waals surface area contributed by atoms with Crippen molar-refractivity contribution in [2.24, 2.45) is 0 Å². The highest BCUT2D eigenvalue weighted by molar-refractivity contribution is 5.97. The maximum atomic E-state index is 11.6. The summed E-state index contributed by atoms with van der Waals surface area (Å²) in [5, 5.41) is 33.9. The highest BCUT2D eigenvalue weighted by Gasteiger charge is 2.16. The lowest BCUT2D eigenvalue weighted by molar-refractivity contribution is 0.101. The lowest BCUT2D eigenvalue weighted by atomic mass is 9.97. The van der Waals surface area contributed by atoms with Gasteiger partial charge in [-0.1, -0.05) is 19.4 Å². The smallest absolute Gasteiger partial charge is 0.183 e. The molecule has 0 bridgehead atoms. The number of ketones is 1. The van der Waals surface area contributed by atoms with Crippen molar-refractivity contribution in [3.05, 3.63) is 47.0 Å². The lowest BCUT2D eigenvalue weighted by Crippen LogP contribution is -2.04. The van der Waals surface area contributed by atoms with Crippen LogP contribution in [0.5, 0.6) is 17.2 Å². The number of benzene rings is 2. The van der Waals surface area contributed by atoms with Crippen molar-refractivity contribution < 1.29 is 19.7 Å². The summed E-state index contributed by atoms with van der Waals surface area (Å²) in [6.45, 7) is 3.62. The van der Waals surface area contributed by atoms with Gasteiger partial charge in [-0.2, -0.15) is 0 Å². The quantitative estimate of drug-likeness (QED) is 0.548. The van der Waals surface area contributed by atoms with E-state index >= 15 is 0 Å². The number of Topliss-reactive ketones (excluding diaryl/α,β-unsaturated/α-hetero) is 1. The minimum absolute atomic E-state index is 0.0152. The fraction of sp³-hybridized carbons (Fsp3) is 0.263. The van der Waals surface area contributed by atoms with E-state index in [4.69, 9.17) is 4.74 Å². The summed E-state index contributed by atoms with van der Waals surface area (Å²) < 4.78 is 5.77. The van der Waals surface area contributed by atoms with E-state index in [1.165, 1.54) is 13.0 Å². The van der Waals surface area contributed by atoms with Crippen LogP contribution in [0, 0.1) is 0 Å². The van der Waals surface area contributed by atoms with Crippen LogP contribution >= 0.6 is 0 Å². The number of nitrogens with zero attached hydrogens (tertiary/aromatic N) is 3. The molecule has 1 heterocycles. The van der Waals surface area contributed by atoms with E-state index in [1.807, 2.05) is 6.92 Å². The van der Waals surface area contributed by atoms with Crippen LogP contribution in [0.1, 0.15) is 41.8 Å². The fourth-order valence-corrected chi connectivity index (χ4v) is 2.86. The van der Waals surface area contributed by atoms with Gasteiger partial charge in [-0.05, 0) is 47.5 Å². The molecule has 0 aliphatic carbocycles. The zero-order valence-corrected chi connectivity index (χ0v) is 15.1. The molecule has 140 valence electrons. The third kappa shape index (κ3) is 3.89. The van der Waals surface area contributed by atoms with E-state index in [0.29, 0.717) is 34.7 Å². The summed E-state index contributed by atoms with van der Waals surface area (Å²) in [7, 11) is 0. The Kier molecular flexibility index (Phi) is 5.35. The topological polar surface area (TPSA) is 121 Å². The zero-order chi connectivity index (χ0) is 19.4. The first-order valence-corrected chi connectivity index (χ1v) is 8.55. The molecule has 0 saturated heterocycles. The van der Waals surface area contributed by atoms with Gasteiger partial charge in [0.15, 0.2) is 11.6 Å². The number of hydrogen-bond donors (Lipinski definition) is 3. The van der Waals surface area contributed by atoms with Gasteiger partial charge in [0.25, 0.3) is 0 Å². The summed E-state index contributed by atoms with van der Waals surface area (Å²) in [5.74, 6) is 0.631. The number of phenolic OH excluding ortho intramolecular Hbond substituents is 2. The van der Waals surface area contributed by atoms with Crippen molar-refractivity contribution in [1.82, 2.24) is 20.6 Å². The molecule has 8 heteroatoms. The molecule has 3 rings (SSSR count). The lowest BCUT2D eigenvalue weighted by Gasteiger charge is -2.15. The molecule has 0 saturated carbocycles. The fourth-order valence-electron chi connectivity index (χ4n) is 2.86. The van der Waals surface area contributed by atoms with Crippen LogP contribution in [-0.2, 0) is 13.0 Å². The van der Waals surface area contributed by atoms with E-state index in [-0.39, 0.29) is 23.9 Å². The van der Waals surface area contributed by atoms with Crippen LogP contribution in [0.25, 0.3) is 11.4 Å². The molecule has 3 aromatic rings. The van der Waals surface area contributed by atoms with Crippen molar-refractivity contribution in [1.29, 1.82) is 0 Å². The Morgan fingerprint density at radius 1 is 1.22 bits per heavy atom. The van der Waals surface area contributed by atoms with Crippen molar-refractivity contribution in [3.8, 4) is 28.6 Å². The molecular formula is C19H20N4O4. The van der Waals surface area contributed by atoms with Gasteiger partial charge in [0, 0.05) is 11.6 Å². The minimum Gasteiger partial charge on any atom is -0.507 e.